The Labute approximate surface area is 133 Å². The van der Waals surface area contributed by atoms with Crippen LogP contribution in [0.5, 0.6) is 0 Å². The lowest BCUT2D eigenvalue weighted by Crippen LogP contribution is -2.23. The lowest BCUT2D eigenvalue weighted by Gasteiger charge is -2.20. The van der Waals surface area contributed by atoms with E-state index in [1.807, 2.05) is 11.3 Å². The van der Waals surface area contributed by atoms with E-state index in [-0.39, 0.29) is 6.04 Å². The number of thiazole rings is 1. The van der Waals surface area contributed by atoms with Gasteiger partial charge in [-0.25, -0.2) is 4.98 Å². The Hall–Kier alpha value is -1.23. The highest BCUT2D eigenvalue weighted by Gasteiger charge is 2.18. The number of para-hydroxylation sites is 1. The van der Waals surface area contributed by atoms with Gasteiger partial charge in [0.15, 0.2) is 0 Å². The molecule has 21 heavy (non-hydrogen) atoms. The number of thiophene rings is 1. The number of hydrogen-bond acceptors (Lipinski definition) is 4. The predicted molar refractivity (Wildman–Crippen MR) is 93.1 cm³/mol. The van der Waals surface area contributed by atoms with Crippen LogP contribution >= 0.6 is 22.7 Å². The summed E-state index contributed by atoms with van der Waals surface area (Å²) < 4.78 is 1.27. The Balaban J connectivity index is 1.78. The standard InChI is InChI=1S/C17H20N2S2/c1-3-7-13(15-10-6-11-20-15)18-12(2)17-19-14-8-4-5-9-16(14)21-17/h4-6,8-13,18H,3,7H2,1-2H3. The summed E-state index contributed by atoms with van der Waals surface area (Å²) in [6.07, 6.45) is 2.35. The van der Waals surface area contributed by atoms with E-state index in [1.54, 1.807) is 11.3 Å². The minimum Gasteiger partial charge on any atom is -0.300 e. The molecule has 0 saturated carbocycles. The van der Waals surface area contributed by atoms with Crippen molar-refractivity contribution in [3.8, 4) is 0 Å². The minimum absolute atomic E-state index is 0.279. The molecule has 2 aromatic heterocycles. The molecule has 3 rings (SSSR count). The fourth-order valence-electron chi connectivity index (χ4n) is 2.53. The zero-order chi connectivity index (χ0) is 14.7. The van der Waals surface area contributed by atoms with Crippen molar-refractivity contribution in [1.82, 2.24) is 10.3 Å². The molecule has 0 aliphatic carbocycles. The average molecular weight is 316 g/mol. The van der Waals surface area contributed by atoms with Crippen molar-refractivity contribution >= 4 is 32.9 Å². The van der Waals surface area contributed by atoms with E-state index in [4.69, 9.17) is 4.98 Å². The van der Waals surface area contributed by atoms with Gasteiger partial charge in [-0.15, -0.1) is 22.7 Å². The molecule has 0 radical (unpaired) electrons. The zero-order valence-electron chi connectivity index (χ0n) is 12.4. The zero-order valence-corrected chi connectivity index (χ0v) is 14.0. The fraction of sp³-hybridized carbons (Fsp3) is 0.353. The molecule has 0 spiro atoms. The second-order valence-electron chi connectivity index (χ2n) is 5.26. The van der Waals surface area contributed by atoms with E-state index in [1.165, 1.54) is 21.0 Å². The molecule has 3 aromatic rings. The Bertz CT molecular complexity index is 655. The van der Waals surface area contributed by atoms with E-state index < -0.39 is 0 Å². The molecule has 0 aliphatic heterocycles. The summed E-state index contributed by atoms with van der Waals surface area (Å²) in [5.41, 5.74) is 1.11. The van der Waals surface area contributed by atoms with Crippen molar-refractivity contribution < 1.29 is 0 Å². The van der Waals surface area contributed by atoms with Crippen molar-refractivity contribution in [2.75, 3.05) is 0 Å². The van der Waals surface area contributed by atoms with Gasteiger partial charge in [-0.2, -0.15) is 0 Å². The monoisotopic (exact) mass is 316 g/mol. The lowest BCUT2D eigenvalue weighted by molar-refractivity contribution is 0.444. The summed E-state index contributed by atoms with van der Waals surface area (Å²) in [7, 11) is 0. The van der Waals surface area contributed by atoms with Crippen molar-refractivity contribution in [1.29, 1.82) is 0 Å². The van der Waals surface area contributed by atoms with Crippen LogP contribution in [0, 0.1) is 0 Å². The first-order chi connectivity index (χ1) is 10.3. The van der Waals surface area contributed by atoms with Crippen LogP contribution < -0.4 is 5.32 Å². The van der Waals surface area contributed by atoms with Crippen LogP contribution in [0.25, 0.3) is 10.2 Å². The Morgan fingerprint density at radius 2 is 2.05 bits per heavy atom. The van der Waals surface area contributed by atoms with Crippen LogP contribution in [0.2, 0.25) is 0 Å². The number of rotatable bonds is 6. The minimum atomic E-state index is 0.279. The molecule has 4 heteroatoms. The maximum absolute atomic E-state index is 4.77. The van der Waals surface area contributed by atoms with Crippen LogP contribution in [-0.4, -0.2) is 4.98 Å². The lowest BCUT2D eigenvalue weighted by atomic mass is 10.1. The van der Waals surface area contributed by atoms with Crippen molar-refractivity contribution in [3.05, 3.63) is 51.7 Å². The fourth-order valence-corrected chi connectivity index (χ4v) is 4.33. The van der Waals surface area contributed by atoms with Gasteiger partial charge in [0, 0.05) is 10.9 Å². The topological polar surface area (TPSA) is 24.9 Å². The number of benzene rings is 1. The molecule has 0 aliphatic rings. The highest BCUT2D eigenvalue weighted by molar-refractivity contribution is 7.18. The van der Waals surface area contributed by atoms with Gasteiger partial charge in [0.2, 0.25) is 0 Å². The summed E-state index contributed by atoms with van der Waals surface area (Å²) in [4.78, 5) is 6.19. The molecule has 1 aromatic carbocycles. The summed E-state index contributed by atoms with van der Waals surface area (Å²) >= 11 is 3.63. The van der Waals surface area contributed by atoms with Crippen LogP contribution in [0.15, 0.2) is 41.8 Å². The van der Waals surface area contributed by atoms with Crippen LogP contribution in [-0.2, 0) is 0 Å². The number of aromatic nitrogens is 1. The van der Waals surface area contributed by atoms with Gasteiger partial charge >= 0.3 is 0 Å². The summed E-state index contributed by atoms with van der Waals surface area (Å²) in [5, 5.41) is 7.09. The first kappa shape index (κ1) is 14.7. The van der Waals surface area contributed by atoms with E-state index in [0.29, 0.717) is 6.04 Å². The first-order valence-electron chi connectivity index (χ1n) is 7.43. The quantitative estimate of drug-likeness (QED) is 0.645. The summed E-state index contributed by atoms with van der Waals surface area (Å²) in [5.74, 6) is 0. The third-order valence-corrected chi connectivity index (χ3v) is 5.80. The number of hydrogen-bond donors (Lipinski definition) is 1. The molecule has 0 fully saturated rings. The average Bonchev–Trinajstić information content (AvgIpc) is 3.16. The van der Waals surface area contributed by atoms with Crippen molar-refractivity contribution in [2.24, 2.45) is 0 Å². The number of nitrogens with zero attached hydrogens (tertiary/aromatic N) is 1. The highest BCUT2D eigenvalue weighted by Crippen LogP contribution is 2.30. The molecular weight excluding hydrogens is 296 g/mol. The number of nitrogens with one attached hydrogen (secondary N) is 1. The van der Waals surface area contributed by atoms with E-state index in [9.17, 15) is 0 Å². The Morgan fingerprint density at radius 3 is 2.76 bits per heavy atom. The maximum Gasteiger partial charge on any atom is 0.111 e. The third kappa shape index (κ3) is 3.34. The normalized spacial score (nSPS) is 14.4. The molecule has 2 atom stereocenters. The van der Waals surface area contributed by atoms with E-state index in [0.717, 1.165) is 11.9 Å². The molecule has 1 N–H and O–H groups in total. The van der Waals surface area contributed by atoms with E-state index >= 15 is 0 Å². The second kappa shape index (κ2) is 6.69. The maximum atomic E-state index is 4.77. The molecule has 110 valence electrons. The van der Waals surface area contributed by atoms with Gasteiger partial charge in [0.05, 0.1) is 16.3 Å². The molecular formula is C17H20N2S2. The van der Waals surface area contributed by atoms with Crippen LogP contribution in [0.4, 0.5) is 0 Å². The molecule has 0 bridgehead atoms. The number of fused-ring (bicyclic) bond motifs is 1. The van der Waals surface area contributed by atoms with Gasteiger partial charge in [0.25, 0.3) is 0 Å². The third-order valence-electron chi connectivity index (χ3n) is 3.60. The molecule has 2 unspecified atom stereocenters. The van der Waals surface area contributed by atoms with Gasteiger partial charge in [-0.3, -0.25) is 0 Å². The first-order valence-corrected chi connectivity index (χ1v) is 9.12. The Kier molecular flexibility index (Phi) is 4.68. The molecule has 0 amide bonds. The Morgan fingerprint density at radius 1 is 1.19 bits per heavy atom. The SMILES string of the molecule is CCCC(NC(C)c1nc2ccccc2s1)c1cccs1. The van der Waals surface area contributed by atoms with Crippen molar-refractivity contribution in [3.63, 3.8) is 0 Å². The van der Waals surface area contributed by atoms with E-state index in [2.05, 4.69) is 60.9 Å². The smallest absolute Gasteiger partial charge is 0.111 e. The van der Waals surface area contributed by atoms with Gasteiger partial charge in [-0.05, 0) is 36.9 Å². The predicted octanol–water partition coefficient (Wildman–Crippen LogP) is 5.55. The largest absolute Gasteiger partial charge is 0.300 e. The summed E-state index contributed by atoms with van der Waals surface area (Å²) in [6, 6.07) is 13.4. The summed E-state index contributed by atoms with van der Waals surface area (Å²) in [6.45, 7) is 4.46. The molecule has 2 heterocycles. The van der Waals surface area contributed by atoms with Gasteiger partial charge in [0.1, 0.15) is 5.01 Å². The molecule has 0 saturated heterocycles. The van der Waals surface area contributed by atoms with Crippen LogP contribution in [0.1, 0.15) is 48.7 Å². The van der Waals surface area contributed by atoms with Gasteiger partial charge < -0.3 is 5.32 Å². The van der Waals surface area contributed by atoms with Gasteiger partial charge in [-0.1, -0.05) is 31.5 Å². The molecule has 2 nitrogen and oxygen atoms in total. The van der Waals surface area contributed by atoms with Crippen molar-refractivity contribution in [2.45, 2.75) is 38.8 Å². The van der Waals surface area contributed by atoms with Crippen LogP contribution in [0.3, 0.4) is 0 Å². The highest BCUT2D eigenvalue weighted by atomic mass is 32.1. The second-order valence-corrected chi connectivity index (χ2v) is 7.31.